The fourth-order valence-electron chi connectivity index (χ4n) is 11.4. The SMILES string of the molecule is COc1cc2c(cc1OCc1cc(COc3cc4c(cc3OC)C(=O)N3c5ccccc5C[C@H]3CN4)cc(CSCC(C)(C)SC3CC(=O)N(CCCCCCN4C(=O)C=CC4=O)C3=O)c1)N=C[C@@H]1Cc3ccccc3N1C2=O. The number of fused-ring (bicyclic) bond motifs is 8. The molecule has 16 nitrogen and oxygen atoms in total. The Labute approximate surface area is 467 Å². The average Bonchev–Trinajstić information content (AvgIpc) is 4.36. The number of unbranched alkanes of at least 4 members (excludes halogenated alkanes) is 3. The van der Waals surface area contributed by atoms with Crippen LogP contribution < -0.4 is 34.1 Å². The van der Waals surface area contributed by atoms with E-state index < -0.39 is 5.25 Å². The number of carbonyl (C=O) groups is 6. The zero-order valence-corrected chi connectivity index (χ0v) is 46.3. The minimum absolute atomic E-state index is 0.0267. The first-order chi connectivity index (χ1) is 38.2. The zero-order valence-electron chi connectivity index (χ0n) is 44.7. The van der Waals surface area contributed by atoms with Gasteiger partial charge in [0, 0.05) is 90.6 Å². The van der Waals surface area contributed by atoms with Gasteiger partial charge in [-0.15, -0.1) is 11.8 Å². The van der Waals surface area contributed by atoms with E-state index in [1.807, 2.05) is 65.7 Å². The number of imide groups is 2. The molecule has 3 atom stereocenters. The van der Waals surface area contributed by atoms with E-state index in [9.17, 15) is 28.8 Å². The van der Waals surface area contributed by atoms with Crippen molar-refractivity contribution in [1.29, 1.82) is 0 Å². The Hall–Kier alpha value is -7.57. The summed E-state index contributed by atoms with van der Waals surface area (Å²) < 4.78 is 24.5. The molecule has 0 radical (unpaired) electrons. The number of methoxy groups -OCH3 is 2. The number of nitrogens with one attached hydrogen (secondary N) is 1. The van der Waals surface area contributed by atoms with Crippen molar-refractivity contribution in [2.75, 3.05) is 54.7 Å². The number of aliphatic imine (C=N–C) groups is 1. The molecule has 5 aromatic rings. The molecular formula is C61H62N6O10S2. The van der Waals surface area contributed by atoms with Crippen LogP contribution in [0.4, 0.5) is 22.7 Å². The van der Waals surface area contributed by atoms with Crippen molar-refractivity contribution in [2.24, 2.45) is 4.99 Å². The third-order valence-electron chi connectivity index (χ3n) is 15.2. The molecule has 5 aromatic carbocycles. The maximum Gasteiger partial charge on any atom is 0.261 e. The number of thioether (sulfide) groups is 2. The molecule has 0 saturated carbocycles. The molecule has 1 N–H and O–H groups in total. The topological polar surface area (TPSA) is 177 Å². The van der Waals surface area contributed by atoms with Crippen LogP contribution in [0.5, 0.6) is 23.0 Å². The summed E-state index contributed by atoms with van der Waals surface area (Å²) in [6, 6.07) is 29.0. The quantitative estimate of drug-likeness (QED) is 0.0544. The van der Waals surface area contributed by atoms with Gasteiger partial charge in [0.1, 0.15) is 13.2 Å². The second-order valence-electron chi connectivity index (χ2n) is 21.2. The first-order valence-corrected chi connectivity index (χ1v) is 28.8. The van der Waals surface area contributed by atoms with Crippen LogP contribution in [0.25, 0.3) is 0 Å². The molecule has 0 spiro atoms. The molecule has 6 aliphatic heterocycles. The smallest absolute Gasteiger partial charge is 0.261 e. The summed E-state index contributed by atoms with van der Waals surface area (Å²) in [6.07, 6.45) is 8.88. The van der Waals surface area contributed by atoms with Crippen molar-refractivity contribution in [3.63, 3.8) is 0 Å². The standard InChI is InChI=1S/C61H62N6O10S2/c1-61(2,79-54-30-57(70)65(60(54)73)20-12-6-5-11-19-64-55(68)17-18-56(64)69)36-78-35-39-22-37(33-76-52-28-46-44(26-50(52)74-3)58(71)66-42(31-62-46)24-40-13-7-9-15-48(40)66)21-38(23-39)34-77-53-29-47-45(27-51(53)75-4)59(72)67-43(32-63-47)25-41-14-8-10-16-49(41)67/h7-10,13-18,21-23,26-29,31,42-43,54,63H,5-6,11-12,19-20,24-25,30,32-36H2,1-4H3/t42-,43-,54?/m0/s1. The van der Waals surface area contributed by atoms with E-state index in [0.717, 1.165) is 58.5 Å². The van der Waals surface area contributed by atoms with E-state index >= 15 is 0 Å². The van der Waals surface area contributed by atoms with Gasteiger partial charge in [0.25, 0.3) is 23.6 Å². The predicted octanol–water partition coefficient (Wildman–Crippen LogP) is 9.50. The van der Waals surface area contributed by atoms with Gasteiger partial charge in [-0.3, -0.25) is 48.5 Å². The van der Waals surface area contributed by atoms with Gasteiger partial charge in [-0.05, 0) is 91.3 Å². The summed E-state index contributed by atoms with van der Waals surface area (Å²) in [5.74, 6) is 1.94. The number of nitrogens with zero attached hydrogens (tertiary/aromatic N) is 5. The molecule has 1 saturated heterocycles. The maximum absolute atomic E-state index is 14.2. The van der Waals surface area contributed by atoms with Gasteiger partial charge >= 0.3 is 0 Å². The molecule has 18 heteroatoms. The normalized spacial score (nSPS) is 19.0. The Morgan fingerprint density at radius 2 is 1.24 bits per heavy atom. The van der Waals surface area contributed by atoms with E-state index in [4.69, 9.17) is 23.9 Å². The number of benzene rings is 5. The lowest BCUT2D eigenvalue weighted by Gasteiger charge is -2.26. The van der Waals surface area contributed by atoms with E-state index in [1.54, 1.807) is 49.1 Å². The number of anilines is 3. The number of likely N-dealkylation sites (tertiary alicyclic amines) is 1. The average molecular weight is 1100 g/mol. The Balaban J connectivity index is 0.774. The highest BCUT2D eigenvalue weighted by atomic mass is 32.2. The number of ether oxygens (including phenoxy) is 4. The Bertz CT molecular complexity index is 3320. The van der Waals surface area contributed by atoms with Gasteiger partial charge in [-0.1, -0.05) is 61.4 Å². The van der Waals surface area contributed by atoms with Gasteiger partial charge in [-0.2, -0.15) is 11.8 Å². The predicted molar refractivity (Wildman–Crippen MR) is 307 cm³/mol. The van der Waals surface area contributed by atoms with Crippen LogP contribution in [-0.2, 0) is 51.0 Å². The summed E-state index contributed by atoms with van der Waals surface area (Å²) >= 11 is 3.27. The van der Waals surface area contributed by atoms with Crippen molar-refractivity contribution in [3.8, 4) is 23.0 Å². The number of rotatable bonds is 21. The summed E-state index contributed by atoms with van der Waals surface area (Å²) in [5, 5.41) is 3.05. The molecule has 0 aromatic heterocycles. The van der Waals surface area contributed by atoms with Crippen molar-refractivity contribution in [1.82, 2.24) is 9.80 Å². The molecular weight excluding hydrogens is 1040 g/mol. The fourth-order valence-corrected chi connectivity index (χ4v) is 14.1. The summed E-state index contributed by atoms with van der Waals surface area (Å²) in [6.45, 7) is 5.83. The van der Waals surface area contributed by atoms with Gasteiger partial charge in [0.15, 0.2) is 23.0 Å². The fraction of sp³-hybridized carbons (Fsp3) is 0.361. The molecule has 1 unspecified atom stereocenters. The highest BCUT2D eigenvalue weighted by Crippen LogP contribution is 2.44. The minimum Gasteiger partial charge on any atom is -0.493 e. The van der Waals surface area contributed by atoms with E-state index in [2.05, 4.69) is 37.4 Å². The van der Waals surface area contributed by atoms with Gasteiger partial charge in [-0.25, -0.2) is 0 Å². The summed E-state index contributed by atoms with van der Waals surface area (Å²) in [4.78, 5) is 89.9. The molecule has 11 rings (SSSR count). The van der Waals surface area contributed by atoms with E-state index in [-0.39, 0.29) is 71.9 Å². The molecule has 6 aliphatic rings. The first kappa shape index (κ1) is 53.4. The monoisotopic (exact) mass is 1100 g/mol. The van der Waals surface area contributed by atoms with Crippen LogP contribution >= 0.6 is 23.5 Å². The molecule has 1 fully saturated rings. The van der Waals surface area contributed by atoms with Crippen LogP contribution in [0.1, 0.15) is 94.5 Å². The summed E-state index contributed by atoms with van der Waals surface area (Å²) in [5.41, 5.74) is 8.92. The minimum atomic E-state index is -0.471. The second kappa shape index (κ2) is 22.7. The summed E-state index contributed by atoms with van der Waals surface area (Å²) in [7, 11) is 3.12. The van der Waals surface area contributed by atoms with Gasteiger partial charge in [0.2, 0.25) is 11.8 Å². The lowest BCUT2D eigenvalue weighted by molar-refractivity contribution is -0.139. The van der Waals surface area contributed by atoms with Crippen LogP contribution in [0.2, 0.25) is 0 Å². The third-order valence-corrected chi connectivity index (χ3v) is 18.3. The highest BCUT2D eigenvalue weighted by Gasteiger charge is 2.42. The first-order valence-electron chi connectivity index (χ1n) is 26.8. The molecule has 408 valence electrons. The lowest BCUT2D eigenvalue weighted by atomic mass is 10.1. The van der Waals surface area contributed by atoms with E-state index in [0.29, 0.717) is 95.9 Å². The number of amides is 6. The largest absolute Gasteiger partial charge is 0.493 e. The maximum atomic E-state index is 14.2. The van der Waals surface area contributed by atoms with Gasteiger partial charge in [0.05, 0.1) is 54.1 Å². The zero-order chi connectivity index (χ0) is 55.0. The van der Waals surface area contributed by atoms with Gasteiger partial charge < -0.3 is 29.2 Å². The number of hydrogen-bond donors (Lipinski definition) is 1. The number of para-hydroxylation sites is 2. The van der Waals surface area contributed by atoms with Crippen LogP contribution in [0, 0.1) is 0 Å². The number of hydrogen-bond acceptors (Lipinski definition) is 14. The second-order valence-corrected chi connectivity index (χ2v) is 24.1. The Morgan fingerprint density at radius 3 is 1.92 bits per heavy atom. The van der Waals surface area contributed by atoms with Crippen molar-refractivity contribution < 1.29 is 47.7 Å². The van der Waals surface area contributed by atoms with Crippen molar-refractivity contribution in [3.05, 3.63) is 142 Å². The molecule has 79 heavy (non-hydrogen) atoms. The van der Waals surface area contributed by atoms with Crippen LogP contribution in [0.3, 0.4) is 0 Å². The van der Waals surface area contributed by atoms with Crippen LogP contribution in [-0.4, -0.2) is 113 Å². The van der Waals surface area contributed by atoms with E-state index in [1.165, 1.54) is 33.7 Å². The van der Waals surface area contributed by atoms with Crippen molar-refractivity contribution >= 4 is 87.9 Å². The highest BCUT2D eigenvalue weighted by molar-refractivity contribution is 8.04. The third kappa shape index (κ3) is 11.1. The molecule has 6 heterocycles. The van der Waals surface area contributed by atoms with Crippen molar-refractivity contribution in [2.45, 2.75) is 99.8 Å². The number of carbonyl (C=O) groups excluding carboxylic acids is 6. The molecule has 6 amide bonds. The molecule has 0 aliphatic carbocycles. The van der Waals surface area contributed by atoms with Crippen LogP contribution in [0.15, 0.2) is 108 Å². The Morgan fingerprint density at radius 1 is 0.646 bits per heavy atom. The Kier molecular flexibility index (Phi) is 15.3. The molecule has 0 bridgehead atoms. The lowest BCUT2D eigenvalue weighted by Crippen LogP contribution is -2.39.